The van der Waals surface area contributed by atoms with E-state index in [0.717, 1.165) is 0 Å². The average Bonchev–Trinajstić information content (AvgIpc) is 2.64. The van der Waals surface area contributed by atoms with Crippen LogP contribution in [-0.4, -0.2) is 36.2 Å². The molecule has 0 fully saturated rings. The van der Waals surface area contributed by atoms with Crippen molar-refractivity contribution < 1.29 is 9.53 Å². The average molecular weight is 386 g/mol. The number of ether oxygens (including phenoxy) is 1. The Morgan fingerprint density at radius 2 is 2.00 bits per heavy atom. The quantitative estimate of drug-likeness (QED) is 0.497. The van der Waals surface area contributed by atoms with Crippen molar-refractivity contribution in [2.24, 2.45) is 0 Å². The topological polar surface area (TPSA) is 64.4 Å². The molecule has 0 aliphatic rings. The highest BCUT2D eigenvalue weighted by Crippen LogP contribution is 2.29. The number of aromatic nitrogens is 2. The van der Waals surface area contributed by atoms with E-state index >= 15 is 0 Å². The van der Waals surface area contributed by atoms with Gasteiger partial charge in [-0.05, 0) is 31.2 Å². The predicted molar refractivity (Wildman–Crippen MR) is 110 cm³/mol. The lowest BCUT2D eigenvalue weighted by atomic mass is 10.1. The van der Waals surface area contributed by atoms with Crippen molar-refractivity contribution in [3.63, 3.8) is 0 Å². The van der Waals surface area contributed by atoms with Crippen molar-refractivity contribution in [1.82, 2.24) is 9.55 Å². The van der Waals surface area contributed by atoms with Gasteiger partial charge in [0.1, 0.15) is 18.0 Å². The van der Waals surface area contributed by atoms with E-state index < -0.39 is 5.97 Å². The van der Waals surface area contributed by atoms with Crippen molar-refractivity contribution in [3.8, 4) is 0 Å². The molecule has 0 saturated heterocycles. The minimum atomic E-state index is -0.421. The van der Waals surface area contributed by atoms with Crippen LogP contribution in [0.2, 0.25) is 5.02 Å². The van der Waals surface area contributed by atoms with E-state index in [-0.39, 0.29) is 18.6 Å². The second-order valence-electron chi connectivity index (χ2n) is 6.22. The van der Waals surface area contributed by atoms with Gasteiger partial charge < -0.3 is 14.2 Å². The molecule has 0 aliphatic carbocycles. The smallest absolute Gasteiger partial charge is 0.326 e. The molecule has 140 valence electrons. The molecule has 0 amide bonds. The van der Waals surface area contributed by atoms with Gasteiger partial charge in [-0.2, -0.15) is 0 Å². The lowest BCUT2D eigenvalue weighted by Crippen LogP contribution is -2.20. The molecule has 1 aromatic carbocycles. The molecule has 0 N–H and O–H groups in total. The van der Waals surface area contributed by atoms with Gasteiger partial charge in [0.2, 0.25) is 0 Å². The molecule has 0 bridgehead atoms. The number of nitrogens with zero attached hydrogens (tertiary/aromatic N) is 3. The molecule has 7 heteroatoms. The summed E-state index contributed by atoms with van der Waals surface area (Å²) in [5, 5.41) is 1.32. The second-order valence-corrected chi connectivity index (χ2v) is 6.62. The minimum absolute atomic E-state index is 0.0911. The summed E-state index contributed by atoms with van der Waals surface area (Å²) in [5.41, 5.74) is 1.33. The Balaban J connectivity index is 2.51. The number of benzene rings is 1. The number of rotatable bonds is 5. The van der Waals surface area contributed by atoms with Crippen LogP contribution in [0.4, 0.5) is 5.82 Å². The van der Waals surface area contributed by atoms with Crippen molar-refractivity contribution in [2.75, 3.05) is 25.6 Å². The fraction of sp³-hybridized carbons (Fsp3) is 0.250. The Labute approximate surface area is 161 Å². The van der Waals surface area contributed by atoms with Gasteiger partial charge in [-0.15, -0.1) is 0 Å². The lowest BCUT2D eigenvalue weighted by molar-refractivity contribution is -0.143. The Morgan fingerprint density at radius 3 is 2.63 bits per heavy atom. The van der Waals surface area contributed by atoms with E-state index in [0.29, 0.717) is 38.3 Å². The molecule has 3 aromatic rings. The molecular weight excluding hydrogens is 366 g/mol. The Hall–Kier alpha value is -2.86. The largest absolute Gasteiger partial charge is 0.465 e. The third-order valence-corrected chi connectivity index (χ3v) is 4.62. The number of hydrogen-bond acceptors (Lipinski definition) is 5. The van der Waals surface area contributed by atoms with Gasteiger partial charge >= 0.3 is 5.97 Å². The zero-order valence-corrected chi connectivity index (χ0v) is 16.2. The first kappa shape index (κ1) is 18.9. The van der Waals surface area contributed by atoms with Gasteiger partial charge in [0, 0.05) is 30.1 Å². The summed E-state index contributed by atoms with van der Waals surface area (Å²) in [5.74, 6) is 0.247. The normalized spacial score (nSPS) is 11.0. The zero-order valence-electron chi connectivity index (χ0n) is 15.5. The second kappa shape index (κ2) is 7.40. The number of hydrogen-bond donors (Lipinski definition) is 0. The van der Waals surface area contributed by atoms with Crippen LogP contribution in [0.3, 0.4) is 0 Å². The fourth-order valence-corrected chi connectivity index (χ4v) is 3.29. The predicted octanol–water partition coefficient (Wildman–Crippen LogP) is 3.48. The van der Waals surface area contributed by atoms with E-state index in [1.54, 1.807) is 41.8 Å². The van der Waals surface area contributed by atoms with Crippen LogP contribution < -0.4 is 10.3 Å². The van der Waals surface area contributed by atoms with E-state index in [9.17, 15) is 9.59 Å². The highest BCUT2D eigenvalue weighted by Gasteiger charge is 2.19. The third kappa shape index (κ3) is 3.28. The monoisotopic (exact) mass is 385 g/mol. The van der Waals surface area contributed by atoms with Gasteiger partial charge in [0.25, 0.3) is 0 Å². The molecule has 0 atom stereocenters. The molecule has 0 saturated carbocycles. The van der Waals surface area contributed by atoms with Crippen molar-refractivity contribution in [3.05, 3.63) is 51.7 Å². The summed E-state index contributed by atoms with van der Waals surface area (Å²) in [6, 6.07) is 6.82. The number of fused-ring (bicyclic) bond motifs is 2. The van der Waals surface area contributed by atoms with Crippen LogP contribution in [-0.2, 0) is 16.1 Å². The number of halogens is 1. The van der Waals surface area contributed by atoms with Gasteiger partial charge in [-0.1, -0.05) is 24.3 Å². The number of esters is 1. The molecule has 2 aromatic heterocycles. The van der Waals surface area contributed by atoms with Crippen LogP contribution in [0.5, 0.6) is 0 Å². The van der Waals surface area contributed by atoms with Gasteiger partial charge in [-0.25, -0.2) is 4.98 Å². The number of carbonyl (C=O) groups is 1. The van der Waals surface area contributed by atoms with Crippen LogP contribution in [0, 0.1) is 0 Å². The summed E-state index contributed by atoms with van der Waals surface area (Å²) >= 11 is 6.33. The highest BCUT2D eigenvalue weighted by atomic mass is 35.5. The van der Waals surface area contributed by atoms with E-state index in [1.807, 2.05) is 19.0 Å². The van der Waals surface area contributed by atoms with E-state index in [2.05, 4.69) is 11.6 Å². The number of anilines is 1. The van der Waals surface area contributed by atoms with Gasteiger partial charge in [0.15, 0.2) is 5.43 Å². The zero-order chi connectivity index (χ0) is 19.7. The molecule has 6 nitrogen and oxygen atoms in total. The molecule has 0 radical (unpaired) electrons. The lowest BCUT2D eigenvalue weighted by Gasteiger charge is -2.18. The number of pyridine rings is 2. The van der Waals surface area contributed by atoms with Crippen LogP contribution in [0.1, 0.15) is 12.5 Å². The first-order chi connectivity index (χ1) is 12.9. The SMILES string of the molecule is C=Cc1c(Cl)ccc2c(=O)c3ccc(N(C)C)nc3n(CC(=O)OCC)c12. The standard InChI is InChI=1S/C20H20ClN3O3/c1-5-12-15(21)9-7-13-18(12)24(11-17(25)27-6-2)20-14(19(13)26)8-10-16(22-20)23(3)4/h5,7-10H,1,6,11H2,2-4H3. The fourth-order valence-electron chi connectivity index (χ4n) is 3.06. The molecule has 27 heavy (non-hydrogen) atoms. The summed E-state index contributed by atoms with van der Waals surface area (Å²) in [6.07, 6.45) is 1.58. The Morgan fingerprint density at radius 1 is 1.30 bits per heavy atom. The first-order valence-electron chi connectivity index (χ1n) is 8.50. The highest BCUT2D eigenvalue weighted by molar-refractivity contribution is 6.33. The molecule has 0 aliphatic heterocycles. The van der Waals surface area contributed by atoms with Crippen molar-refractivity contribution >= 4 is 51.4 Å². The van der Waals surface area contributed by atoms with Gasteiger partial charge in [-0.3, -0.25) is 9.59 Å². The molecule has 0 spiro atoms. The summed E-state index contributed by atoms with van der Waals surface area (Å²) in [7, 11) is 3.71. The summed E-state index contributed by atoms with van der Waals surface area (Å²) in [4.78, 5) is 31.8. The number of carbonyl (C=O) groups excluding carboxylic acids is 1. The molecule has 2 heterocycles. The molecular formula is C20H20ClN3O3. The molecule has 0 unspecified atom stereocenters. The summed E-state index contributed by atoms with van der Waals surface area (Å²) < 4.78 is 6.80. The summed E-state index contributed by atoms with van der Waals surface area (Å²) in [6.45, 7) is 5.73. The first-order valence-corrected chi connectivity index (χ1v) is 8.88. The minimum Gasteiger partial charge on any atom is -0.465 e. The van der Waals surface area contributed by atoms with Crippen molar-refractivity contribution in [1.29, 1.82) is 0 Å². The van der Waals surface area contributed by atoms with E-state index in [1.165, 1.54) is 0 Å². The maximum atomic E-state index is 13.1. The maximum Gasteiger partial charge on any atom is 0.326 e. The van der Waals surface area contributed by atoms with Crippen LogP contribution >= 0.6 is 11.6 Å². The van der Waals surface area contributed by atoms with Crippen LogP contribution in [0.15, 0.2) is 35.6 Å². The molecule has 3 rings (SSSR count). The van der Waals surface area contributed by atoms with Gasteiger partial charge in [0.05, 0.1) is 17.5 Å². The Bertz CT molecular complexity index is 1120. The third-order valence-electron chi connectivity index (χ3n) is 4.29. The van der Waals surface area contributed by atoms with Crippen molar-refractivity contribution in [2.45, 2.75) is 13.5 Å². The Kier molecular flexibility index (Phi) is 5.19. The van der Waals surface area contributed by atoms with Crippen LogP contribution in [0.25, 0.3) is 28.0 Å². The van der Waals surface area contributed by atoms with E-state index in [4.69, 9.17) is 16.3 Å². The maximum absolute atomic E-state index is 13.1.